The van der Waals surface area contributed by atoms with Crippen LogP contribution in [0.2, 0.25) is 10.0 Å². The summed E-state index contributed by atoms with van der Waals surface area (Å²) in [5.41, 5.74) is 3.19. The molecule has 1 saturated heterocycles. The van der Waals surface area contributed by atoms with Gasteiger partial charge in [-0.2, -0.15) is 10.2 Å². The molecule has 0 radical (unpaired) electrons. The Morgan fingerprint density at radius 2 is 1.97 bits per heavy atom. The van der Waals surface area contributed by atoms with Crippen LogP contribution in [0.5, 0.6) is 5.75 Å². The van der Waals surface area contributed by atoms with Gasteiger partial charge in [0.1, 0.15) is 11.8 Å². The van der Waals surface area contributed by atoms with Crippen LogP contribution in [-0.2, 0) is 11.3 Å². The van der Waals surface area contributed by atoms with Crippen molar-refractivity contribution in [2.45, 2.75) is 16.3 Å². The van der Waals surface area contributed by atoms with E-state index >= 15 is 0 Å². The normalized spacial score (nSPS) is 14.1. The molecule has 11 heteroatoms. The van der Waals surface area contributed by atoms with E-state index in [4.69, 9.17) is 32.7 Å². The number of aromatic nitrogens is 2. The quantitative estimate of drug-likeness (QED) is 0.272. The van der Waals surface area contributed by atoms with Gasteiger partial charge in [-0.1, -0.05) is 58.4 Å². The van der Waals surface area contributed by atoms with Crippen LogP contribution in [0.3, 0.4) is 0 Å². The van der Waals surface area contributed by atoms with Gasteiger partial charge >= 0.3 is 0 Å². The SMILES string of the molecule is COc1cc(Sc2c(C#N)cnc3nc(Nc4ccc(CN5CCOCC5)cc4)sc23)c(Cl)cc1Cl. The van der Waals surface area contributed by atoms with E-state index in [0.29, 0.717) is 32.1 Å². The zero-order valence-corrected chi connectivity index (χ0v) is 22.4. The van der Waals surface area contributed by atoms with Crippen molar-refractivity contribution in [3.8, 4) is 11.8 Å². The average molecular weight is 559 g/mol. The summed E-state index contributed by atoms with van der Waals surface area (Å²) in [7, 11) is 1.55. The predicted molar refractivity (Wildman–Crippen MR) is 145 cm³/mol. The van der Waals surface area contributed by atoms with E-state index in [1.54, 1.807) is 19.2 Å². The number of fused-ring (bicyclic) bond motifs is 1. The highest BCUT2D eigenvalue weighted by Crippen LogP contribution is 2.44. The molecule has 7 nitrogen and oxygen atoms in total. The van der Waals surface area contributed by atoms with E-state index in [2.05, 4.69) is 38.4 Å². The molecule has 1 N–H and O–H groups in total. The summed E-state index contributed by atoms with van der Waals surface area (Å²) >= 11 is 15.4. The minimum absolute atomic E-state index is 0.424. The van der Waals surface area contributed by atoms with Gasteiger partial charge in [0, 0.05) is 36.4 Å². The highest BCUT2D eigenvalue weighted by Gasteiger charge is 2.18. The molecular weight excluding hydrogens is 537 g/mol. The highest BCUT2D eigenvalue weighted by molar-refractivity contribution is 8.00. The van der Waals surface area contributed by atoms with Crippen LogP contribution >= 0.6 is 46.3 Å². The number of anilines is 2. The van der Waals surface area contributed by atoms with Crippen LogP contribution in [-0.4, -0.2) is 48.3 Å². The minimum Gasteiger partial charge on any atom is -0.495 e. The third-order valence-electron chi connectivity index (χ3n) is 5.63. The molecule has 3 heterocycles. The lowest BCUT2D eigenvalue weighted by atomic mass is 10.2. The summed E-state index contributed by atoms with van der Waals surface area (Å²) in [6, 6.07) is 14.0. The van der Waals surface area contributed by atoms with E-state index in [1.165, 1.54) is 34.9 Å². The average Bonchev–Trinajstić information content (AvgIpc) is 3.30. The number of nitrogens with one attached hydrogen (secondary N) is 1. The van der Waals surface area contributed by atoms with E-state index in [-0.39, 0.29) is 0 Å². The third-order valence-corrected chi connectivity index (χ3v) is 8.64. The van der Waals surface area contributed by atoms with Crippen molar-refractivity contribution in [3.63, 3.8) is 0 Å². The van der Waals surface area contributed by atoms with Crippen molar-refractivity contribution < 1.29 is 9.47 Å². The first-order chi connectivity index (χ1) is 17.5. The van der Waals surface area contributed by atoms with Crippen LogP contribution in [0.15, 0.2) is 52.4 Å². The Bertz CT molecular complexity index is 1430. The molecule has 1 aliphatic heterocycles. The number of halogens is 2. The molecule has 0 bridgehead atoms. The maximum Gasteiger partial charge on any atom is 0.189 e. The Hall–Kier alpha value is -2.58. The molecule has 0 unspecified atom stereocenters. The molecule has 2 aromatic carbocycles. The lowest BCUT2D eigenvalue weighted by Crippen LogP contribution is -2.35. The second-order valence-electron chi connectivity index (χ2n) is 8.01. The Balaban J connectivity index is 1.39. The monoisotopic (exact) mass is 557 g/mol. The van der Waals surface area contributed by atoms with Gasteiger partial charge in [0.2, 0.25) is 0 Å². The zero-order chi connectivity index (χ0) is 25.1. The van der Waals surface area contributed by atoms with E-state index in [9.17, 15) is 5.26 Å². The van der Waals surface area contributed by atoms with Gasteiger partial charge < -0.3 is 14.8 Å². The number of thiazole rings is 1. The summed E-state index contributed by atoms with van der Waals surface area (Å²) in [5, 5.41) is 14.7. The van der Waals surface area contributed by atoms with Gasteiger partial charge in [0.15, 0.2) is 10.8 Å². The molecule has 1 aliphatic rings. The molecule has 0 saturated carbocycles. The number of hydrogen-bond acceptors (Lipinski definition) is 9. The molecule has 36 heavy (non-hydrogen) atoms. The molecule has 1 fully saturated rings. The van der Waals surface area contributed by atoms with E-state index in [1.807, 2.05) is 12.1 Å². The maximum atomic E-state index is 9.73. The molecule has 0 amide bonds. The first-order valence-corrected chi connectivity index (χ1v) is 13.5. The first-order valence-electron chi connectivity index (χ1n) is 11.1. The number of hydrogen-bond donors (Lipinski definition) is 1. The fraction of sp³-hybridized carbons (Fsp3) is 0.240. The summed E-state index contributed by atoms with van der Waals surface area (Å²) < 4.78 is 11.6. The van der Waals surface area contributed by atoms with Crippen LogP contribution in [0.4, 0.5) is 10.8 Å². The van der Waals surface area contributed by atoms with Gasteiger partial charge in [-0.05, 0) is 29.8 Å². The third kappa shape index (κ3) is 5.54. The van der Waals surface area contributed by atoms with Gasteiger partial charge in [0.25, 0.3) is 0 Å². The van der Waals surface area contributed by atoms with Crippen LogP contribution in [0, 0.1) is 11.3 Å². The molecule has 5 rings (SSSR count). The second-order valence-corrected chi connectivity index (χ2v) is 10.9. The topological polar surface area (TPSA) is 83.3 Å². The van der Waals surface area contributed by atoms with Gasteiger partial charge in [-0.25, -0.2) is 4.98 Å². The lowest BCUT2D eigenvalue weighted by Gasteiger charge is -2.26. The summed E-state index contributed by atoms with van der Waals surface area (Å²) in [4.78, 5) is 12.9. The van der Waals surface area contributed by atoms with Gasteiger partial charge in [-0.15, -0.1) is 0 Å². The van der Waals surface area contributed by atoms with Crippen LogP contribution in [0.25, 0.3) is 10.3 Å². The van der Waals surface area contributed by atoms with Crippen molar-refractivity contribution >= 4 is 67.5 Å². The maximum absolute atomic E-state index is 9.73. The van der Waals surface area contributed by atoms with Crippen LogP contribution < -0.4 is 10.1 Å². The summed E-state index contributed by atoms with van der Waals surface area (Å²) in [6.45, 7) is 4.40. The zero-order valence-electron chi connectivity index (χ0n) is 19.3. The number of pyridine rings is 1. The standard InChI is InChI=1S/C25H21Cl2N5O2S2/c1-33-20-11-21(19(27)10-18(20)26)35-22-16(12-28)13-29-24-23(22)36-25(31-24)30-17-4-2-15(3-5-17)14-32-6-8-34-9-7-32/h2-5,10-11,13H,6-9,14H2,1H3,(H,29,30,31). The number of rotatable bonds is 7. The summed E-state index contributed by atoms with van der Waals surface area (Å²) in [5.74, 6) is 0.510. The van der Waals surface area contributed by atoms with Gasteiger partial charge in [-0.3, -0.25) is 4.90 Å². The first kappa shape index (κ1) is 25.1. The molecule has 0 spiro atoms. The highest BCUT2D eigenvalue weighted by atomic mass is 35.5. The van der Waals surface area contributed by atoms with Crippen molar-refractivity contribution in [2.24, 2.45) is 0 Å². The molecule has 2 aromatic heterocycles. The number of nitrogens with zero attached hydrogens (tertiary/aromatic N) is 4. The van der Waals surface area contributed by atoms with Crippen molar-refractivity contribution in [3.05, 3.63) is 63.8 Å². The van der Waals surface area contributed by atoms with E-state index in [0.717, 1.165) is 53.0 Å². The Morgan fingerprint density at radius 1 is 1.19 bits per heavy atom. The largest absolute Gasteiger partial charge is 0.495 e. The molecular formula is C25H21Cl2N5O2S2. The second kappa shape index (κ2) is 11.2. The van der Waals surface area contributed by atoms with Crippen molar-refractivity contribution in [1.82, 2.24) is 14.9 Å². The lowest BCUT2D eigenvalue weighted by molar-refractivity contribution is 0.0342. The fourth-order valence-corrected chi connectivity index (χ4v) is 6.43. The smallest absolute Gasteiger partial charge is 0.189 e. The fourth-order valence-electron chi connectivity index (χ4n) is 3.78. The van der Waals surface area contributed by atoms with Gasteiger partial charge in [0.05, 0.1) is 45.5 Å². The number of nitriles is 1. The van der Waals surface area contributed by atoms with E-state index < -0.39 is 0 Å². The Kier molecular flexibility index (Phi) is 7.82. The van der Waals surface area contributed by atoms with Crippen molar-refractivity contribution in [1.29, 1.82) is 5.26 Å². The predicted octanol–water partition coefficient (Wildman–Crippen LogP) is 6.61. The Morgan fingerprint density at radius 3 is 2.69 bits per heavy atom. The number of benzene rings is 2. The van der Waals surface area contributed by atoms with Crippen molar-refractivity contribution in [2.75, 3.05) is 38.7 Å². The van der Waals surface area contributed by atoms with Crippen LogP contribution in [0.1, 0.15) is 11.1 Å². The number of morpholine rings is 1. The minimum atomic E-state index is 0.424. The number of methoxy groups -OCH3 is 1. The molecule has 184 valence electrons. The molecule has 0 atom stereocenters. The molecule has 4 aromatic rings. The Labute approximate surface area is 227 Å². The number of ether oxygens (including phenoxy) is 2. The summed E-state index contributed by atoms with van der Waals surface area (Å²) in [6.07, 6.45) is 1.54. The molecule has 0 aliphatic carbocycles.